The SMILES string of the molecule is COc1ccc(S(=O)(=O)NCCn2c(CCc3ccccc3)nc3ccccc32)cc1. The molecular weight excluding hydrogens is 410 g/mol. The van der Waals surface area contributed by atoms with Crippen LogP contribution in [0.25, 0.3) is 11.0 Å². The van der Waals surface area contributed by atoms with Crippen LogP contribution >= 0.6 is 0 Å². The molecule has 0 aliphatic carbocycles. The van der Waals surface area contributed by atoms with Crippen molar-refractivity contribution in [1.82, 2.24) is 14.3 Å². The summed E-state index contributed by atoms with van der Waals surface area (Å²) in [4.78, 5) is 5.01. The van der Waals surface area contributed by atoms with E-state index in [-0.39, 0.29) is 11.4 Å². The Morgan fingerprint density at radius 2 is 1.61 bits per heavy atom. The van der Waals surface area contributed by atoms with Crippen molar-refractivity contribution in [2.75, 3.05) is 13.7 Å². The summed E-state index contributed by atoms with van der Waals surface area (Å²) in [6.45, 7) is 0.771. The van der Waals surface area contributed by atoms with Crippen molar-refractivity contribution in [2.24, 2.45) is 0 Å². The molecule has 6 nitrogen and oxygen atoms in total. The van der Waals surface area contributed by atoms with Gasteiger partial charge in [0.15, 0.2) is 0 Å². The summed E-state index contributed by atoms with van der Waals surface area (Å²) in [7, 11) is -2.05. The van der Waals surface area contributed by atoms with Crippen molar-refractivity contribution in [3.63, 3.8) is 0 Å². The molecule has 160 valence electrons. The van der Waals surface area contributed by atoms with Crippen molar-refractivity contribution in [3.05, 3.63) is 90.3 Å². The third-order valence-electron chi connectivity index (χ3n) is 5.21. The number of methoxy groups -OCH3 is 1. The van der Waals surface area contributed by atoms with Crippen LogP contribution in [-0.2, 0) is 29.4 Å². The molecule has 0 bridgehead atoms. The van der Waals surface area contributed by atoms with Gasteiger partial charge in [-0.05, 0) is 48.4 Å². The van der Waals surface area contributed by atoms with Crippen LogP contribution in [0.15, 0.2) is 83.8 Å². The Kier molecular flexibility index (Phi) is 6.34. The molecule has 1 N–H and O–H groups in total. The smallest absolute Gasteiger partial charge is 0.240 e. The first kappa shape index (κ1) is 21.1. The van der Waals surface area contributed by atoms with E-state index in [1.165, 1.54) is 5.56 Å². The largest absolute Gasteiger partial charge is 0.497 e. The molecule has 0 amide bonds. The molecule has 31 heavy (non-hydrogen) atoms. The van der Waals surface area contributed by atoms with E-state index in [1.54, 1.807) is 31.4 Å². The van der Waals surface area contributed by atoms with Crippen molar-refractivity contribution in [3.8, 4) is 5.75 Å². The lowest BCUT2D eigenvalue weighted by Gasteiger charge is -2.11. The number of hydrogen-bond acceptors (Lipinski definition) is 4. The Morgan fingerprint density at radius 1 is 0.903 bits per heavy atom. The second-order valence-electron chi connectivity index (χ2n) is 7.23. The Balaban J connectivity index is 1.49. The van der Waals surface area contributed by atoms with Crippen molar-refractivity contribution in [1.29, 1.82) is 0 Å². The lowest BCUT2D eigenvalue weighted by molar-refractivity contribution is 0.414. The maximum Gasteiger partial charge on any atom is 0.240 e. The standard InChI is InChI=1S/C24H25N3O3S/c1-30-20-12-14-21(15-13-20)31(28,29)25-17-18-27-23-10-6-5-9-22(23)26-24(27)16-11-19-7-3-2-4-8-19/h2-10,12-15,25H,11,16-18H2,1H3. The molecule has 1 aromatic heterocycles. The van der Waals surface area contributed by atoms with Crippen molar-refractivity contribution < 1.29 is 13.2 Å². The first-order valence-corrected chi connectivity index (χ1v) is 11.7. The summed E-state index contributed by atoms with van der Waals surface area (Å²) >= 11 is 0. The van der Waals surface area contributed by atoms with E-state index in [1.807, 2.05) is 42.5 Å². The van der Waals surface area contributed by atoms with Gasteiger partial charge >= 0.3 is 0 Å². The van der Waals surface area contributed by atoms with Crippen LogP contribution in [-0.4, -0.2) is 31.6 Å². The minimum atomic E-state index is -3.60. The lowest BCUT2D eigenvalue weighted by Crippen LogP contribution is -2.28. The van der Waals surface area contributed by atoms with Crippen molar-refractivity contribution in [2.45, 2.75) is 24.3 Å². The molecule has 0 unspecified atom stereocenters. The molecule has 4 aromatic rings. The number of para-hydroxylation sites is 2. The number of sulfonamides is 1. The molecule has 3 aromatic carbocycles. The molecule has 4 rings (SSSR count). The van der Waals surface area contributed by atoms with E-state index < -0.39 is 10.0 Å². The van der Waals surface area contributed by atoms with Crippen LogP contribution < -0.4 is 9.46 Å². The Labute approximate surface area is 182 Å². The van der Waals surface area contributed by atoms with E-state index in [0.717, 1.165) is 29.7 Å². The Bertz CT molecular complexity index is 1250. The number of benzene rings is 3. The summed E-state index contributed by atoms with van der Waals surface area (Å²) < 4.78 is 35.2. The van der Waals surface area contributed by atoms with Gasteiger partial charge in [0.25, 0.3) is 0 Å². The fourth-order valence-electron chi connectivity index (χ4n) is 3.60. The highest BCUT2D eigenvalue weighted by Crippen LogP contribution is 2.18. The fraction of sp³-hybridized carbons (Fsp3) is 0.208. The average Bonchev–Trinajstić information content (AvgIpc) is 3.16. The Morgan fingerprint density at radius 3 is 2.35 bits per heavy atom. The van der Waals surface area contributed by atoms with Gasteiger partial charge in [0, 0.05) is 19.5 Å². The molecule has 0 spiro atoms. The number of ether oxygens (including phenoxy) is 1. The molecule has 0 saturated carbocycles. The molecule has 0 atom stereocenters. The van der Waals surface area contributed by atoms with Gasteiger partial charge in [-0.15, -0.1) is 0 Å². The lowest BCUT2D eigenvalue weighted by atomic mass is 10.1. The normalized spacial score (nSPS) is 11.6. The number of rotatable bonds is 9. The number of nitrogens with one attached hydrogen (secondary N) is 1. The summed E-state index contributed by atoms with van der Waals surface area (Å²) in [6, 6.07) is 24.6. The van der Waals surface area contributed by atoms with Gasteiger partial charge in [0.2, 0.25) is 10.0 Å². The monoisotopic (exact) mass is 435 g/mol. The van der Waals surface area contributed by atoms with E-state index in [4.69, 9.17) is 9.72 Å². The molecule has 0 fully saturated rings. The minimum Gasteiger partial charge on any atom is -0.497 e. The summed E-state index contributed by atoms with van der Waals surface area (Å²) in [6.07, 6.45) is 1.66. The third kappa shape index (κ3) is 4.95. The first-order chi connectivity index (χ1) is 15.1. The predicted molar refractivity (Wildman–Crippen MR) is 122 cm³/mol. The third-order valence-corrected chi connectivity index (χ3v) is 6.69. The summed E-state index contributed by atoms with van der Waals surface area (Å²) in [5.74, 6) is 1.57. The van der Waals surface area contributed by atoms with Crippen LogP contribution in [0.1, 0.15) is 11.4 Å². The zero-order chi connectivity index (χ0) is 21.7. The maximum atomic E-state index is 12.6. The van der Waals surface area contributed by atoms with Crippen molar-refractivity contribution >= 4 is 21.1 Å². The highest BCUT2D eigenvalue weighted by molar-refractivity contribution is 7.89. The predicted octanol–water partition coefficient (Wildman–Crippen LogP) is 3.81. The van der Waals surface area contributed by atoms with Crippen LogP contribution in [0, 0.1) is 0 Å². The molecule has 7 heteroatoms. The average molecular weight is 436 g/mol. The second-order valence-corrected chi connectivity index (χ2v) is 8.99. The van der Waals surface area contributed by atoms with Gasteiger partial charge in [-0.25, -0.2) is 18.1 Å². The summed E-state index contributed by atoms with van der Waals surface area (Å²) in [5, 5.41) is 0. The van der Waals surface area contributed by atoms with Gasteiger partial charge in [0.1, 0.15) is 11.6 Å². The van der Waals surface area contributed by atoms with Crippen LogP contribution in [0.5, 0.6) is 5.75 Å². The van der Waals surface area contributed by atoms with E-state index in [0.29, 0.717) is 12.3 Å². The van der Waals surface area contributed by atoms with Gasteiger partial charge in [0.05, 0.1) is 23.0 Å². The highest BCUT2D eigenvalue weighted by atomic mass is 32.2. The molecule has 0 aliphatic rings. The van der Waals surface area contributed by atoms with Gasteiger partial charge in [-0.1, -0.05) is 42.5 Å². The minimum absolute atomic E-state index is 0.216. The van der Waals surface area contributed by atoms with Gasteiger partial charge in [-0.2, -0.15) is 0 Å². The van der Waals surface area contributed by atoms with Crippen LogP contribution in [0.4, 0.5) is 0 Å². The van der Waals surface area contributed by atoms with E-state index >= 15 is 0 Å². The molecule has 0 saturated heterocycles. The molecule has 0 aliphatic heterocycles. The molecule has 0 radical (unpaired) electrons. The van der Waals surface area contributed by atoms with Crippen LogP contribution in [0.2, 0.25) is 0 Å². The maximum absolute atomic E-state index is 12.6. The van der Waals surface area contributed by atoms with Gasteiger partial charge < -0.3 is 9.30 Å². The Hall–Kier alpha value is -3.16. The number of fused-ring (bicyclic) bond motifs is 1. The quantitative estimate of drug-likeness (QED) is 0.434. The second kappa shape index (κ2) is 9.32. The fourth-order valence-corrected chi connectivity index (χ4v) is 4.62. The molecular formula is C24H25N3O3S. The van der Waals surface area contributed by atoms with E-state index in [2.05, 4.69) is 21.4 Å². The van der Waals surface area contributed by atoms with Crippen LogP contribution in [0.3, 0.4) is 0 Å². The zero-order valence-electron chi connectivity index (χ0n) is 17.4. The number of aromatic nitrogens is 2. The highest BCUT2D eigenvalue weighted by Gasteiger charge is 2.15. The number of aryl methyl sites for hydroxylation is 2. The number of imidazole rings is 1. The topological polar surface area (TPSA) is 73.2 Å². The zero-order valence-corrected chi connectivity index (χ0v) is 18.2. The molecule has 1 heterocycles. The van der Waals surface area contributed by atoms with Gasteiger partial charge in [-0.3, -0.25) is 0 Å². The summed E-state index contributed by atoms with van der Waals surface area (Å²) in [5.41, 5.74) is 3.18. The number of hydrogen-bond donors (Lipinski definition) is 1. The van der Waals surface area contributed by atoms with E-state index in [9.17, 15) is 8.42 Å². The number of nitrogens with zero attached hydrogens (tertiary/aromatic N) is 2. The first-order valence-electron chi connectivity index (χ1n) is 10.2.